The lowest BCUT2D eigenvalue weighted by Crippen LogP contribution is -2.51. The maximum atomic E-state index is 3.62. The van der Waals surface area contributed by atoms with E-state index in [1.54, 1.807) is 0 Å². The molecule has 3 atom stereocenters. The molecule has 0 aliphatic carbocycles. The maximum Gasteiger partial charge on any atom is 0.00844 e. The summed E-state index contributed by atoms with van der Waals surface area (Å²) >= 11 is 0. The van der Waals surface area contributed by atoms with Crippen molar-refractivity contribution in [2.24, 2.45) is 5.92 Å². The third-order valence-corrected chi connectivity index (χ3v) is 3.48. The topological polar surface area (TPSA) is 12.0 Å². The molecule has 0 bridgehead atoms. The molecule has 1 heterocycles. The van der Waals surface area contributed by atoms with Gasteiger partial charge in [0.2, 0.25) is 0 Å². The molecule has 0 radical (unpaired) electrons. The van der Waals surface area contributed by atoms with E-state index in [0.29, 0.717) is 0 Å². The van der Waals surface area contributed by atoms with Crippen molar-refractivity contribution in [3.8, 4) is 0 Å². The molecular formula is C12H25N. The van der Waals surface area contributed by atoms with Crippen LogP contribution in [0.3, 0.4) is 0 Å². The minimum absolute atomic E-state index is 0.841. The molecule has 1 rings (SSSR count). The molecule has 1 N–H and O–H groups in total. The standard InChI is InChI=1S/C12H25N/c1-4-10(3)7-6-8-12-9-11(5-2)13-12/h10-13H,4-9H2,1-3H3. The first-order chi connectivity index (χ1) is 6.26. The van der Waals surface area contributed by atoms with Crippen LogP contribution in [-0.4, -0.2) is 12.1 Å². The smallest absolute Gasteiger partial charge is 0.00844 e. The van der Waals surface area contributed by atoms with Crippen molar-refractivity contribution in [3.05, 3.63) is 0 Å². The van der Waals surface area contributed by atoms with Crippen LogP contribution in [0.2, 0.25) is 0 Å². The van der Waals surface area contributed by atoms with Crippen LogP contribution in [0.15, 0.2) is 0 Å². The highest BCUT2D eigenvalue weighted by atomic mass is 15.0. The van der Waals surface area contributed by atoms with Crippen molar-refractivity contribution in [2.45, 2.75) is 71.4 Å². The summed E-state index contributed by atoms with van der Waals surface area (Å²) in [5.41, 5.74) is 0. The zero-order chi connectivity index (χ0) is 9.68. The molecule has 1 saturated heterocycles. The van der Waals surface area contributed by atoms with Gasteiger partial charge in [-0.1, -0.05) is 40.0 Å². The van der Waals surface area contributed by atoms with Gasteiger partial charge in [0.15, 0.2) is 0 Å². The van der Waals surface area contributed by atoms with E-state index >= 15 is 0 Å². The molecule has 0 saturated carbocycles. The Kier molecular flexibility index (Phi) is 4.79. The molecule has 1 aliphatic heterocycles. The van der Waals surface area contributed by atoms with Gasteiger partial charge >= 0.3 is 0 Å². The molecule has 1 heteroatoms. The Balaban J connectivity index is 1.90. The number of nitrogens with one attached hydrogen (secondary N) is 1. The highest BCUT2D eigenvalue weighted by Gasteiger charge is 2.25. The third-order valence-electron chi connectivity index (χ3n) is 3.48. The van der Waals surface area contributed by atoms with E-state index in [9.17, 15) is 0 Å². The molecule has 0 aromatic rings. The first-order valence-corrected chi connectivity index (χ1v) is 6.02. The lowest BCUT2D eigenvalue weighted by Gasteiger charge is -2.37. The van der Waals surface area contributed by atoms with Crippen LogP contribution in [0, 0.1) is 5.92 Å². The second-order valence-corrected chi connectivity index (χ2v) is 4.65. The van der Waals surface area contributed by atoms with Gasteiger partial charge in [-0.25, -0.2) is 0 Å². The van der Waals surface area contributed by atoms with Crippen LogP contribution in [0.4, 0.5) is 0 Å². The van der Waals surface area contributed by atoms with Gasteiger partial charge in [0, 0.05) is 12.1 Å². The van der Waals surface area contributed by atoms with Crippen LogP contribution >= 0.6 is 0 Å². The first-order valence-electron chi connectivity index (χ1n) is 6.02. The largest absolute Gasteiger partial charge is 0.311 e. The summed E-state index contributed by atoms with van der Waals surface area (Å²) < 4.78 is 0. The summed E-state index contributed by atoms with van der Waals surface area (Å²) in [5, 5.41) is 3.62. The lowest BCUT2D eigenvalue weighted by molar-refractivity contribution is 0.237. The third kappa shape index (κ3) is 3.68. The highest BCUT2D eigenvalue weighted by molar-refractivity contribution is 4.87. The fourth-order valence-corrected chi connectivity index (χ4v) is 2.05. The number of hydrogen-bond donors (Lipinski definition) is 1. The van der Waals surface area contributed by atoms with E-state index in [2.05, 4.69) is 26.1 Å². The summed E-state index contributed by atoms with van der Waals surface area (Å²) in [6, 6.07) is 1.70. The van der Waals surface area contributed by atoms with Crippen LogP contribution in [-0.2, 0) is 0 Å². The summed E-state index contributed by atoms with van der Waals surface area (Å²) in [7, 11) is 0. The zero-order valence-electron chi connectivity index (χ0n) is 9.47. The molecule has 0 amide bonds. The molecule has 0 aromatic heterocycles. The van der Waals surface area contributed by atoms with Crippen molar-refractivity contribution in [2.75, 3.05) is 0 Å². The van der Waals surface area contributed by atoms with Gasteiger partial charge < -0.3 is 5.32 Å². The minimum atomic E-state index is 0.841. The average molecular weight is 183 g/mol. The molecule has 78 valence electrons. The second-order valence-electron chi connectivity index (χ2n) is 4.65. The van der Waals surface area contributed by atoms with E-state index in [1.165, 1.54) is 38.5 Å². The van der Waals surface area contributed by atoms with Crippen LogP contribution in [0.25, 0.3) is 0 Å². The lowest BCUT2D eigenvalue weighted by atomic mass is 9.89. The Morgan fingerprint density at radius 1 is 1.31 bits per heavy atom. The van der Waals surface area contributed by atoms with Crippen molar-refractivity contribution in [1.29, 1.82) is 0 Å². The van der Waals surface area contributed by atoms with E-state index in [-0.39, 0.29) is 0 Å². The van der Waals surface area contributed by atoms with Gasteiger partial charge in [-0.3, -0.25) is 0 Å². The van der Waals surface area contributed by atoms with Gasteiger partial charge in [0.05, 0.1) is 0 Å². The second kappa shape index (κ2) is 5.64. The Labute approximate surface area is 83.3 Å². The predicted molar refractivity (Wildman–Crippen MR) is 58.9 cm³/mol. The fraction of sp³-hybridized carbons (Fsp3) is 1.00. The van der Waals surface area contributed by atoms with Gasteiger partial charge in [-0.15, -0.1) is 0 Å². The quantitative estimate of drug-likeness (QED) is 0.666. The summed E-state index contributed by atoms with van der Waals surface area (Å²) in [4.78, 5) is 0. The molecular weight excluding hydrogens is 158 g/mol. The van der Waals surface area contributed by atoms with E-state index < -0.39 is 0 Å². The van der Waals surface area contributed by atoms with Crippen molar-refractivity contribution >= 4 is 0 Å². The predicted octanol–water partition coefficient (Wildman–Crippen LogP) is 3.34. The Morgan fingerprint density at radius 3 is 2.54 bits per heavy atom. The van der Waals surface area contributed by atoms with Gasteiger partial charge in [-0.2, -0.15) is 0 Å². The molecule has 1 fully saturated rings. The number of hydrogen-bond acceptors (Lipinski definition) is 1. The highest BCUT2D eigenvalue weighted by Crippen LogP contribution is 2.21. The molecule has 1 aliphatic rings. The normalized spacial score (nSPS) is 29.8. The van der Waals surface area contributed by atoms with Crippen LogP contribution in [0.5, 0.6) is 0 Å². The average Bonchev–Trinajstić information content (AvgIpc) is 2.08. The molecule has 13 heavy (non-hydrogen) atoms. The van der Waals surface area contributed by atoms with Crippen LogP contribution in [0.1, 0.15) is 59.3 Å². The van der Waals surface area contributed by atoms with Crippen LogP contribution < -0.4 is 5.32 Å². The van der Waals surface area contributed by atoms with Crippen molar-refractivity contribution < 1.29 is 0 Å². The Hall–Kier alpha value is -0.0400. The van der Waals surface area contributed by atoms with Gasteiger partial charge in [-0.05, 0) is 25.2 Å². The van der Waals surface area contributed by atoms with E-state index in [0.717, 1.165) is 18.0 Å². The molecule has 0 aromatic carbocycles. The fourth-order valence-electron chi connectivity index (χ4n) is 2.05. The SMILES string of the molecule is CCC(C)CCCC1CC(CC)N1. The number of rotatable bonds is 6. The zero-order valence-corrected chi connectivity index (χ0v) is 9.47. The first kappa shape index (κ1) is 11.0. The van der Waals surface area contributed by atoms with Crippen molar-refractivity contribution in [3.63, 3.8) is 0 Å². The minimum Gasteiger partial charge on any atom is -0.311 e. The van der Waals surface area contributed by atoms with Gasteiger partial charge in [0.25, 0.3) is 0 Å². The van der Waals surface area contributed by atoms with E-state index in [1.807, 2.05) is 0 Å². The van der Waals surface area contributed by atoms with Crippen molar-refractivity contribution in [1.82, 2.24) is 5.32 Å². The molecule has 1 nitrogen and oxygen atoms in total. The molecule has 3 unspecified atom stereocenters. The monoisotopic (exact) mass is 183 g/mol. The summed E-state index contributed by atoms with van der Waals surface area (Å²) in [6.07, 6.45) is 8.32. The Bertz CT molecular complexity index is 127. The summed E-state index contributed by atoms with van der Waals surface area (Å²) in [5.74, 6) is 0.932. The molecule has 0 spiro atoms. The van der Waals surface area contributed by atoms with E-state index in [4.69, 9.17) is 0 Å². The maximum absolute atomic E-state index is 3.62. The Morgan fingerprint density at radius 2 is 2.00 bits per heavy atom. The van der Waals surface area contributed by atoms with Gasteiger partial charge in [0.1, 0.15) is 0 Å². The summed E-state index contributed by atoms with van der Waals surface area (Å²) in [6.45, 7) is 6.93.